The van der Waals surface area contributed by atoms with Crippen molar-refractivity contribution in [3.05, 3.63) is 155 Å². The highest BCUT2D eigenvalue weighted by Crippen LogP contribution is 2.45. The summed E-state index contributed by atoms with van der Waals surface area (Å²) in [7, 11) is 0. The molecule has 51 heavy (non-hydrogen) atoms. The van der Waals surface area contributed by atoms with Gasteiger partial charge in [-0.2, -0.15) is 18.3 Å². The summed E-state index contributed by atoms with van der Waals surface area (Å²) in [5.41, 5.74) is 2.13. The second kappa shape index (κ2) is 13.4. The average Bonchev–Trinajstić information content (AvgIpc) is 3.50. The Kier molecular flexibility index (Phi) is 8.85. The lowest BCUT2D eigenvalue weighted by Gasteiger charge is -2.37. The molecule has 258 valence electrons. The van der Waals surface area contributed by atoms with Gasteiger partial charge in [-0.1, -0.05) is 115 Å². The van der Waals surface area contributed by atoms with Gasteiger partial charge in [0.2, 0.25) is 5.91 Å². The lowest BCUT2D eigenvalue weighted by atomic mass is 9.77. The van der Waals surface area contributed by atoms with Crippen LogP contribution in [-0.2, 0) is 16.5 Å². The molecule has 5 aromatic carbocycles. The molecule has 1 aliphatic heterocycles. The number of carbonyl (C=O) groups is 2. The first kappa shape index (κ1) is 33.6. The van der Waals surface area contributed by atoms with Crippen molar-refractivity contribution in [1.82, 2.24) is 14.7 Å². The summed E-state index contributed by atoms with van der Waals surface area (Å²) in [5, 5.41) is 18.2. The fraction of sp³-hybridized carbons (Fsp3) is 0.195. The van der Waals surface area contributed by atoms with Gasteiger partial charge in [0.15, 0.2) is 5.82 Å². The van der Waals surface area contributed by atoms with Crippen LogP contribution < -0.4 is 5.32 Å². The number of hydrogen-bond donors (Lipinski definition) is 2. The number of amides is 2. The van der Waals surface area contributed by atoms with Crippen molar-refractivity contribution in [2.45, 2.75) is 31.5 Å². The molecule has 0 saturated carbocycles. The van der Waals surface area contributed by atoms with Crippen LogP contribution in [-0.4, -0.2) is 44.9 Å². The lowest BCUT2D eigenvalue weighted by Crippen LogP contribution is -2.43. The van der Waals surface area contributed by atoms with Crippen molar-refractivity contribution in [3.63, 3.8) is 0 Å². The Hall–Kier alpha value is -5.90. The number of nitrogens with zero attached hydrogens (tertiary/aromatic N) is 3. The molecule has 2 amide bonds. The minimum absolute atomic E-state index is 0.00449. The molecule has 2 N–H and O–H groups in total. The third-order valence-electron chi connectivity index (χ3n) is 9.67. The van der Waals surface area contributed by atoms with Gasteiger partial charge in [-0.15, -0.1) is 0 Å². The predicted octanol–water partition coefficient (Wildman–Crippen LogP) is 9.20. The van der Waals surface area contributed by atoms with E-state index in [1.807, 2.05) is 95.7 Å². The van der Waals surface area contributed by atoms with E-state index < -0.39 is 35.2 Å². The molecule has 7 rings (SSSR count). The number of anilines is 1. The maximum absolute atomic E-state index is 14.4. The number of halogens is 3. The van der Waals surface area contributed by atoms with Gasteiger partial charge < -0.3 is 15.3 Å². The van der Waals surface area contributed by atoms with Gasteiger partial charge in [-0.3, -0.25) is 4.79 Å². The van der Waals surface area contributed by atoms with Crippen molar-refractivity contribution in [2.24, 2.45) is 5.92 Å². The third kappa shape index (κ3) is 6.22. The normalized spacial score (nSPS) is 15.1. The van der Waals surface area contributed by atoms with E-state index >= 15 is 0 Å². The summed E-state index contributed by atoms with van der Waals surface area (Å²) in [6, 6.07) is 38.7. The number of aromatic nitrogens is 2. The maximum atomic E-state index is 14.4. The van der Waals surface area contributed by atoms with Gasteiger partial charge in [0.05, 0.1) is 17.0 Å². The Morgan fingerprint density at radius 3 is 1.94 bits per heavy atom. The maximum Gasteiger partial charge on any atom is 0.417 e. The van der Waals surface area contributed by atoms with Crippen LogP contribution in [0, 0.1) is 12.8 Å². The number of aryl methyl sites for hydroxylation is 1. The summed E-state index contributed by atoms with van der Waals surface area (Å²) >= 11 is 0. The zero-order valence-corrected chi connectivity index (χ0v) is 27.8. The number of carboxylic acid groups (broad SMARTS) is 1. The van der Waals surface area contributed by atoms with E-state index in [1.54, 1.807) is 31.2 Å². The summed E-state index contributed by atoms with van der Waals surface area (Å²) in [4.78, 5) is 26.9. The van der Waals surface area contributed by atoms with Crippen molar-refractivity contribution in [3.8, 4) is 11.1 Å². The fourth-order valence-corrected chi connectivity index (χ4v) is 7.27. The predicted molar refractivity (Wildman–Crippen MR) is 190 cm³/mol. The highest BCUT2D eigenvalue weighted by Gasteiger charge is 2.41. The zero-order chi connectivity index (χ0) is 35.8. The summed E-state index contributed by atoms with van der Waals surface area (Å²) in [6.45, 7) is 1.99. The molecule has 2 heterocycles. The number of nitrogens with one attached hydrogen (secondary N) is 1. The van der Waals surface area contributed by atoms with Crippen LogP contribution in [0.3, 0.4) is 0 Å². The molecule has 10 heteroatoms. The van der Waals surface area contributed by atoms with E-state index in [2.05, 4.69) is 5.32 Å². The van der Waals surface area contributed by atoms with Crippen LogP contribution >= 0.6 is 0 Å². The molecule has 0 spiro atoms. The molecule has 1 fully saturated rings. The number of piperidine rings is 1. The topological polar surface area (TPSA) is 87.5 Å². The van der Waals surface area contributed by atoms with Crippen LogP contribution in [0.1, 0.15) is 40.7 Å². The van der Waals surface area contributed by atoms with E-state index in [0.717, 1.165) is 22.8 Å². The van der Waals surface area contributed by atoms with Crippen molar-refractivity contribution in [1.29, 1.82) is 0 Å². The van der Waals surface area contributed by atoms with Crippen molar-refractivity contribution >= 4 is 28.7 Å². The smallest absolute Gasteiger partial charge is 0.417 e. The van der Waals surface area contributed by atoms with Gasteiger partial charge in [0, 0.05) is 18.5 Å². The van der Waals surface area contributed by atoms with Gasteiger partial charge in [-0.05, 0) is 65.8 Å². The van der Waals surface area contributed by atoms with E-state index in [0.29, 0.717) is 41.4 Å². The number of carbonyl (C=O) groups excluding carboxylic acids is 1. The summed E-state index contributed by atoms with van der Waals surface area (Å²) in [5.74, 6) is -0.875. The Labute approximate surface area is 293 Å². The first-order chi connectivity index (χ1) is 24.6. The highest BCUT2D eigenvalue weighted by molar-refractivity contribution is 6.02. The van der Waals surface area contributed by atoms with E-state index in [9.17, 15) is 27.9 Å². The Bertz CT molecular complexity index is 2110. The Morgan fingerprint density at radius 2 is 1.39 bits per heavy atom. The highest BCUT2D eigenvalue weighted by atomic mass is 19.4. The minimum Gasteiger partial charge on any atom is -0.465 e. The summed E-state index contributed by atoms with van der Waals surface area (Å²) < 4.78 is 45.0. The molecule has 6 aromatic rings. The Morgan fingerprint density at radius 1 is 0.804 bits per heavy atom. The van der Waals surface area contributed by atoms with E-state index in [-0.39, 0.29) is 17.9 Å². The van der Waals surface area contributed by atoms with Crippen LogP contribution in [0.4, 0.5) is 23.8 Å². The van der Waals surface area contributed by atoms with Crippen molar-refractivity contribution < 1.29 is 27.9 Å². The van der Waals surface area contributed by atoms with Gasteiger partial charge in [-0.25, -0.2) is 9.48 Å². The number of fused-ring (bicyclic) bond motifs is 1. The number of alkyl halides is 3. The van der Waals surface area contributed by atoms with Crippen LogP contribution in [0.25, 0.3) is 22.0 Å². The molecular weight excluding hydrogens is 653 g/mol. The zero-order valence-electron chi connectivity index (χ0n) is 27.8. The molecule has 1 atom stereocenters. The molecular formula is C41H35F3N4O3. The molecule has 1 saturated heterocycles. The third-order valence-corrected chi connectivity index (χ3v) is 9.67. The fourth-order valence-electron chi connectivity index (χ4n) is 7.27. The molecule has 0 radical (unpaired) electrons. The van der Waals surface area contributed by atoms with E-state index in [1.165, 1.54) is 11.0 Å². The van der Waals surface area contributed by atoms with Crippen molar-refractivity contribution in [2.75, 3.05) is 18.4 Å². The minimum atomic E-state index is -4.60. The van der Waals surface area contributed by atoms with Gasteiger partial charge in [0.1, 0.15) is 5.54 Å². The molecule has 7 nitrogen and oxygen atoms in total. The largest absolute Gasteiger partial charge is 0.465 e. The van der Waals surface area contributed by atoms with Crippen LogP contribution in [0.15, 0.2) is 127 Å². The SMILES string of the molecule is Cc1ccc(-c2ccc3c(c2)c(NC(=O)[C@@H]2CCCN(C(=O)O)C2)nn3C(c2ccccc2)(c2ccccc2)c2ccccc2)c(C(F)(F)F)c1. The molecule has 0 bridgehead atoms. The second-order valence-corrected chi connectivity index (χ2v) is 12.9. The second-order valence-electron chi connectivity index (χ2n) is 12.9. The number of hydrogen-bond acceptors (Lipinski definition) is 3. The van der Waals surface area contributed by atoms with Gasteiger partial charge in [0.25, 0.3) is 0 Å². The quantitative estimate of drug-likeness (QED) is 0.164. The molecule has 1 aromatic heterocycles. The average molecular weight is 689 g/mol. The standard InChI is InChI=1S/C41H35F3N4O3/c1-27-19-21-33(35(24-27)41(42,43)44)28-20-22-36-34(25-28)37(45-38(49)29-12-11-23-47(26-29)39(50)51)46-48(36)40(30-13-5-2-6-14-30,31-15-7-3-8-16-31)32-17-9-4-10-18-32/h2-10,13-22,24-25,29H,11-12,23,26H2,1H3,(H,50,51)(H,45,46,49)/t29-/m1/s1. The first-order valence-electron chi connectivity index (χ1n) is 16.7. The number of benzene rings is 5. The number of rotatable bonds is 7. The lowest BCUT2D eigenvalue weighted by molar-refractivity contribution is -0.137. The van der Waals surface area contributed by atoms with E-state index in [4.69, 9.17) is 5.10 Å². The summed E-state index contributed by atoms with van der Waals surface area (Å²) in [6.07, 6.45) is -4.68. The molecule has 1 aliphatic rings. The van der Waals surface area contributed by atoms with Crippen LogP contribution in [0.2, 0.25) is 0 Å². The monoisotopic (exact) mass is 688 g/mol. The van der Waals surface area contributed by atoms with Gasteiger partial charge >= 0.3 is 12.3 Å². The number of likely N-dealkylation sites (tertiary alicyclic amines) is 1. The van der Waals surface area contributed by atoms with Crippen LogP contribution in [0.5, 0.6) is 0 Å². The molecule has 0 unspecified atom stereocenters. The first-order valence-corrected chi connectivity index (χ1v) is 16.7. The Balaban J connectivity index is 1.50. The molecule has 0 aliphatic carbocycles.